The lowest BCUT2D eigenvalue weighted by atomic mass is 9.83. The number of aryl methyl sites for hydroxylation is 1. The molecule has 0 spiro atoms. The van der Waals surface area contributed by atoms with E-state index < -0.39 is 6.04 Å². The van der Waals surface area contributed by atoms with E-state index in [-0.39, 0.29) is 53.7 Å². The zero-order valence-corrected chi connectivity index (χ0v) is 54.2. The highest BCUT2D eigenvalue weighted by atomic mass is 32.1. The van der Waals surface area contributed by atoms with E-state index >= 15 is 0 Å². The van der Waals surface area contributed by atoms with Gasteiger partial charge in [-0.2, -0.15) is 10.2 Å². The Morgan fingerprint density at radius 2 is 1.54 bits per heavy atom. The summed E-state index contributed by atoms with van der Waals surface area (Å²) in [4.78, 5) is 70.3. The van der Waals surface area contributed by atoms with Gasteiger partial charge in [0, 0.05) is 61.1 Å². The van der Waals surface area contributed by atoms with E-state index in [0.29, 0.717) is 60.5 Å². The number of alkyl carbamates (subject to hydrolysis) is 1. The van der Waals surface area contributed by atoms with Crippen molar-refractivity contribution in [3.8, 4) is 5.75 Å². The zero-order valence-electron chi connectivity index (χ0n) is 53.4. The lowest BCUT2D eigenvalue weighted by Gasteiger charge is -2.33. The minimum Gasteiger partial charge on any atom is -0.494 e. The van der Waals surface area contributed by atoms with Crippen LogP contribution in [-0.2, 0) is 25.6 Å². The van der Waals surface area contributed by atoms with Crippen LogP contribution in [0.15, 0.2) is 48.1 Å². The molecule has 2 saturated carbocycles. The number of likely N-dealkylation sites (tertiary alicyclic amines) is 1. The van der Waals surface area contributed by atoms with Gasteiger partial charge in [-0.1, -0.05) is 125 Å². The summed E-state index contributed by atoms with van der Waals surface area (Å²) in [5.74, 6) is 1.81. The lowest BCUT2D eigenvalue weighted by Crippen LogP contribution is -2.50. The van der Waals surface area contributed by atoms with Gasteiger partial charge < -0.3 is 40.4 Å². The summed E-state index contributed by atoms with van der Waals surface area (Å²) in [7, 11) is 3.70. The Bertz CT molecular complexity index is 2430. The van der Waals surface area contributed by atoms with E-state index in [2.05, 4.69) is 64.3 Å². The van der Waals surface area contributed by atoms with Gasteiger partial charge in [-0.05, 0) is 129 Å². The van der Waals surface area contributed by atoms with E-state index in [4.69, 9.17) is 19.2 Å². The number of carbonyl (C=O) groups excluding carboxylic acids is 5. The van der Waals surface area contributed by atoms with Crippen molar-refractivity contribution in [3.05, 3.63) is 75.6 Å². The van der Waals surface area contributed by atoms with Crippen LogP contribution in [0.2, 0.25) is 0 Å². The molecule has 4 aromatic rings. The molecule has 5 unspecified atom stereocenters. The summed E-state index contributed by atoms with van der Waals surface area (Å²) in [6, 6.07) is 8.47. The van der Waals surface area contributed by atoms with Crippen LogP contribution >= 0.6 is 11.3 Å². The van der Waals surface area contributed by atoms with Gasteiger partial charge in [0.2, 0.25) is 18.1 Å². The molecule has 5 N–H and O–H groups in total. The molecule has 0 bridgehead atoms. The number of ether oxygens (including phenoxy) is 3. The van der Waals surface area contributed by atoms with E-state index in [1.54, 1.807) is 37.0 Å². The van der Waals surface area contributed by atoms with E-state index in [1.807, 2.05) is 76.4 Å². The van der Waals surface area contributed by atoms with Crippen LogP contribution in [0.3, 0.4) is 0 Å². The van der Waals surface area contributed by atoms with Crippen LogP contribution in [-0.4, -0.2) is 118 Å². The van der Waals surface area contributed by atoms with Crippen molar-refractivity contribution in [1.29, 1.82) is 0 Å². The SMILES string of the molecule is CC.CC.CC(C)NC(=O)OC1CCC(c2cc(NC(=O)c3cnn(CCCCCCCCCCCOc4cccc(C(=O)c5csc(C6CCCN6C(=O)C(NC=O)C6CCCCC6)n5)c4)c3)n[nH]2)C1.CCNC.COC(C)CCC(C)C. The van der Waals surface area contributed by atoms with Crippen molar-refractivity contribution in [1.82, 2.24) is 45.8 Å². The third kappa shape index (κ3) is 26.3. The topological polar surface area (TPSA) is 224 Å². The van der Waals surface area contributed by atoms with Gasteiger partial charge in [0.1, 0.15) is 28.6 Å². The second kappa shape index (κ2) is 42.2. The summed E-state index contributed by atoms with van der Waals surface area (Å²) >= 11 is 1.42. The van der Waals surface area contributed by atoms with Gasteiger partial charge >= 0.3 is 6.09 Å². The number of ketones is 1. The van der Waals surface area contributed by atoms with Gasteiger partial charge in [-0.3, -0.25) is 29.0 Å². The number of thiazole rings is 1. The van der Waals surface area contributed by atoms with Crippen molar-refractivity contribution in [2.75, 3.05) is 39.2 Å². The lowest BCUT2D eigenvalue weighted by molar-refractivity contribution is -0.137. The van der Waals surface area contributed by atoms with Crippen LogP contribution in [0.1, 0.15) is 253 Å². The molecule has 5 atom stereocenters. The first kappa shape index (κ1) is 72.6. The highest BCUT2D eigenvalue weighted by molar-refractivity contribution is 7.10. The summed E-state index contributed by atoms with van der Waals surface area (Å²) in [5, 5.41) is 25.7. The molecule has 7 rings (SSSR count). The van der Waals surface area contributed by atoms with Crippen molar-refractivity contribution < 1.29 is 38.2 Å². The molecule has 1 aromatic carbocycles. The molecule has 3 aliphatic rings. The summed E-state index contributed by atoms with van der Waals surface area (Å²) in [6.45, 7) is 23.5. The normalized spacial score (nSPS) is 17.2. The number of unbranched alkanes of at least 4 members (excludes halogenated alkanes) is 8. The fourth-order valence-electron chi connectivity index (χ4n) is 10.5. The number of aromatic amines is 1. The number of nitrogens with one attached hydrogen (secondary N) is 5. The Morgan fingerprint density at radius 3 is 2.19 bits per heavy atom. The second-order valence-corrected chi connectivity index (χ2v) is 23.4. The largest absolute Gasteiger partial charge is 0.494 e. The molecular formula is C65H108N10O8S. The Labute approximate surface area is 508 Å². The Hall–Kier alpha value is -5.66. The van der Waals surface area contributed by atoms with Gasteiger partial charge in [0.25, 0.3) is 5.91 Å². The van der Waals surface area contributed by atoms with Crippen LogP contribution in [0.25, 0.3) is 0 Å². The number of benzene rings is 1. The monoisotopic (exact) mass is 1190 g/mol. The molecule has 19 heteroatoms. The molecular weight excluding hydrogens is 1080 g/mol. The zero-order chi connectivity index (χ0) is 61.7. The molecule has 84 heavy (non-hydrogen) atoms. The molecule has 472 valence electrons. The Balaban J connectivity index is 0.000000959. The first-order chi connectivity index (χ1) is 40.7. The summed E-state index contributed by atoms with van der Waals surface area (Å²) in [6.07, 6.45) is 25.7. The predicted octanol–water partition coefficient (Wildman–Crippen LogP) is 14.0. The Morgan fingerprint density at radius 1 is 0.845 bits per heavy atom. The molecule has 1 aliphatic heterocycles. The van der Waals surface area contributed by atoms with Crippen LogP contribution in [0.4, 0.5) is 10.6 Å². The average molecular weight is 1190 g/mol. The molecule has 2 aliphatic carbocycles. The van der Waals surface area contributed by atoms with Gasteiger partial charge in [-0.15, -0.1) is 11.3 Å². The quantitative estimate of drug-likeness (QED) is 0.0187. The molecule has 3 fully saturated rings. The van der Waals surface area contributed by atoms with Gasteiger partial charge in [0.15, 0.2) is 5.82 Å². The van der Waals surface area contributed by atoms with Crippen LogP contribution in [0.5, 0.6) is 5.75 Å². The molecule has 18 nitrogen and oxygen atoms in total. The smallest absolute Gasteiger partial charge is 0.407 e. The van der Waals surface area contributed by atoms with Crippen molar-refractivity contribution in [2.24, 2.45) is 11.8 Å². The number of rotatable bonds is 30. The van der Waals surface area contributed by atoms with Gasteiger partial charge in [-0.25, -0.2) is 9.78 Å². The molecule has 4 amide bonds. The van der Waals surface area contributed by atoms with E-state index in [0.717, 1.165) is 120 Å². The number of anilines is 1. The van der Waals surface area contributed by atoms with Crippen molar-refractivity contribution >= 4 is 47.3 Å². The maximum absolute atomic E-state index is 13.8. The molecule has 4 heterocycles. The predicted molar refractivity (Wildman–Crippen MR) is 339 cm³/mol. The standard InChI is InChI=1S/C50H69N9O7S.C8H18O.C3H9N.2C2H6/c1-34(2)53-50(64)66-40-23-22-36(27-40)41-29-44(57-56-41)55-47(62)38-30-52-58(31-38)24-13-8-6-4-3-5-7-9-14-26-65-39-20-15-19-37(28-39)46(61)42-32-67-48(54-42)43-21-16-25-59(43)49(63)45(51-33-60)35-17-11-10-12-18-35;1-7(2)5-6-8(3)9-4;1-3-4-2;2*1-2/h15,19-20,28-36,40,43,45H,3-14,16-18,21-27H2,1-2H3,(H,51,60)(H,53,64)(H2,55,56,57,62);7-8H,5-6H2,1-4H3;4H,3H2,1-2H3;2*1-2H3. The number of hydrogen-bond donors (Lipinski definition) is 5. The molecule has 1 saturated heterocycles. The average Bonchev–Trinajstić information content (AvgIpc) is 4.43. The number of aromatic nitrogens is 5. The third-order valence-corrected chi connectivity index (χ3v) is 16.2. The number of amides is 4. The van der Waals surface area contributed by atoms with Crippen molar-refractivity contribution in [2.45, 2.75) is 247 Å². The summed E-state index contributed by atoms with van der Waals surface area (Å²) < 4.78 is 18.5. The van der Waals surface area contributed by atoms with Crippen LogP contribution < -0.4 is 26.0 Å². The molecule has 0 radical (unpaired) electrons. The number of H-pyrrole nitrogens is 1. The fraction of sp³-hybridized carbons (Fsp3) is 0.692. The minimum atomic E-state index is -0.511. The van der Waals surface area contributed by atoms with E-state index in [9.17, 15) is 24.0 Å². The number of methoxy groups -OCH3 is 1. The highest BCUT2D eigenvalue weighted by Crippen LogP contribution is 2.38. The number of hydrogen-bond acceptors (Lipinski definition) is 13. The molecule has 3 aromatic heterocycles. The maximum Gasteiger partial charge on any atom is 0.407 e. The number of carbonyl (C=O) groups is 5. The van der Waals surface area contributed by atoms with Gasteiger partial charge in [0.05, 0.1) is 30.5 Å². The van der Waals surface area contributed by atoms with E-state index in [1.165, 1.54) is 49.9 Å². The minimum absolute atomic E-state index is 0.0261. The first-order valence-electron chi connectivity index (χ1n) is 32.0. The fourth-order valence-corrected chi connectivity index (χ4v) is 11.4. The van der Waals surface area contributed by atoms with Crippen molar-refractivity contribution in [3.63, 3.8) is 0 Å². The number of nitrogens with zero attached hydrogens (tertiary/aromatic N) is 5. The first-order valence-corrected chi connectivity index (χ1v) is 32.9. The summed E-state index contributed by atoms with van der Waals surface area (Å²) in [5.41, 5.74) is 2.31. The Kier molecular flexibility index (Phi) is 36.5. The van der Waals surface area contributed by atoms with Crippen LogP contribution in [0, 0.1) is 11.8 Å². The maximum atomic E-state index is 13.8. The third-order valence-electron chi connectivity index (χ3n) is 15.3. The second-order valence-electron chi connectivity index (χ2n) is 22.5. The highest BCUT2D eigenvalue weighted by Gasteiger charge is 2.39.